The highest BCUT2D eigenvalue weighted by atomic mass is 35.5. The molecule has 0 amide bonds. The molecule has 1 N–H and O–H groups in total. The molecule has 34 heavy (non-hydrogen) atoms. The lowest BCUT2D eigenvalue weighted by atomic mass is 9.89. The van der Waals surface area contributed by atoms with Crippen LogP contribution in [-0.2, 0) is 0 Å². The van der Waals surface area contributed by atoms with Crippen LogP contribution in [0.4, 0.5) is 0 Å². The number of furan rings is 1. The van der Waals surface area contributed by atoms with Crippen molar-refractivity contribution in [3.05, 3.63) is 65.5 Å². The van der Waals surface area contributed by atoms with Crippen molar-refractivity contribution in [1.82, 2.24) is 15.1 Å². The van der Waals surface area contributed by atoms with Crippen molar-refractivity contribution in [3.8, 4) is 17.4 Å². The number of β-amino-alcohol motifs (C(OH)–C–C–N with tert-alkyl or cyclic N) is 1. The summed E-state index contributed by atoms with van der Waals surface area (Å²) in [6.45, 7) is 6.65. The molecule has 1 atom stereocenters. The van der Waals surface area contributed by atoms with Gasteiger partial charge < -0.3 is 23.6 Å². The summed E-state index contributed by atoms with van der Waals surface area (Å²) < 4.78 is 17.3. The first-order chi connectivity index (χ1) is 16.0. The maximum atomic E-state index is 10.6. The van der Waals surface area contributed by atoms with Gasteiger partial charge in [-0.25, -0.2) is 0 Å². The first-order valence-electron chi connectivity index (χ1n) is 11.5. The predicted octanol–water partition coefficient (Wildman–Crippen LogP) is 5.14. The summed E-state index contributed by atoms with van der Waals surface area (Å²) in [5.74, 6) is 2.58. The summed E-state index contributed by atoms with van der Waals surface area (Å²) in [5, 5.41) is 19.3. The van der Waals surface area contributed by atoms with E-state index in [4.69, 9.17) is 13.6 Å². The first-order valence-corrected chi connectivity index (χ1v) is 11.5. The van der Waals surface area contributed by atoms with Crippen LogP contribution < -0.4 is 4.74 Å². The maximum absolute atomic E-state index is 10.6. The number of aryl methyl sites for hydroxylation is 2. The summed E-state index contributed by atoms with van der Waals surface area (Å²) in [6.07, 6.45) is 1.66. The highest BCUT2D eigenvalue weighted by Gasteiger charge is 2.23. The van der Waals surface area contributed by atoms with Gasteiger partial charge in [-0.2, -0.15) is 0 Å². The fourth-order valence-electron chi connectivity index (χ4n) is 4.49. The Balaban J connectivity index is 0.00000274. The zero-order valence-electron chi connectivity index (χ0n) is 19.4. The molecule has 1 saturated heterocycles. The number of likely N-dealkylation sites (tertiary alicyclic amines) is 1. The second-order valence-corrected chi connectivity index (χ2v) is 8.86. The Labute approximate surface area is 205 Å². The Morgan fingerprint density at radius 3 is 2.53 bits per heavy atom. The lowest BCUT2D eigenvalue weighted by molar-refractivity contribution is 0.0599. The van der Waals surface area contributed by atoms with Crippen LogP contribution in [0, 0.1) is 13.8 Å². The number of fused-ring (bicyclic) bond motifs is 1. The molecule has 0 radical (unpaired) electrons. The first kappa shape index (κ1) is 24.3. The summed E-state index contributed by atoms with van der Waals surface area (Å²) in [5.41, 5.74) is 3.39. The van der Waals surface area contributed by atoms with Gasteiger partial charge in [-0.1, -0.05) is 35.9 Å². The minimum atomic E-state index is -0.568. The molecule has 5 rings (SSSR count). The zero-order chi connectivity index (χ0) is 22.8. The molecule has 2 aromatic heterocycles. The van der Waals surface area contributed by atoms with E-state index in [1.54, 1.807) is 6.92 Å². The van der Waals surface area contributed by atoms with Crippen molar-refractivity contribution in [2.75, 3.05) is 26.2 Å². The average molecular weight is 484 g/mol. The molecule has 1 aliphatic heterocycles. The number of hydrogen-bond acceptors (Lipinski definition) is 7. The topological polar surface area (TPSA) is 84.8 Å². The van der Waals surface area contributed by atoms with Gasteiger partial charge >= 0.3 is 0 Å². The van der Waals surface area contributed by atoms with Crippen molar-refractivity contribution in [2.24, 2.45) is 0 Å². The van der Waals surface area contributed by atoms with Crippen LogP contribution in [-0.4, -0.2) is 52.5 Å². The van der Waals surface area contributed by atoms with Crippen LogP contribution in [0.1, 0.15) is 35.8 Å². The Bertz CT molecular complexity index is 1210. The van der Waals surface area contributed by atoms with Crippen LogP contribution in [0.25, 0.3) is 22.6 Å². The van der Waals surface area contributed by atoms with Crippen LogP contribution in [0.15, 0.2) is 57.4 Å². The monoisotopic (exact) mass is 483 g/mol. The molecule has 3 heterocycles. The number of rotatable bonds is 7. The molecule has 0 unspecified atom stereocenters. The van der Waals surface area contributed by atoms with E-state index >= 15 is 0 Å². The van der Waals surface area contributed by atoms with E-state index in [1.165, 1.54) is 11.1 Å². The van der Waals surface area contributed by atoms with E-state index in [0.29, 0.717) is 41.3 Å². The van der Waals surface area contributed by atoms with Gasteiger partial charge in [0.05, 0.1) is 5.39 Å². The number of halogens is 1. The number of ether oxygens (including phenoxy) is 1. The Kier molecular flexibility index (Phi) is 7.56. The van der Waals surface area contributed by atoms with E-state index in [9.17, 15) is 5.11 Å². The summed E-state index contributed by atoms with van der Waals surface area (Å²) in [4.78, 5) is 2.33. The molecule has 0 bridgehead atoms. The molecule has 1 aliphatic rings. The molecule has 4 aromatic rings. The number of benzene rings is 2. The molecule has 0 aliphatic carbocycles. The van der Waals surface area contributed by atoms with E-state index in [2.05, 4.69) is 46.3 Å². The second-order valence-electron chi connectivity index (χ2n) is 8.86. The van der Waals surface area contributed by atoms with Gasteiger partial charge in [0.1, 0.15) is 24.0 Å². The number of hydrogen-bond donors (Lipinski definition) is 1. The normalized spacial score (nSPS) is 15.9. The van der Waals surface area contributed by atoms with Crippen molar-refractivity contribution in [3.63, 3.8) is 0 Å². The summed E-state index contributed by atoms with van der Waals surface area (Å²) in [7, 11) is 0. The van der Waals surface area contributed by atoms with Crippen molar-refractivity contribution in [1.29, 1.82) is 0 Å². The Morgan fingerprint density at radius 1 is 1.06 bits per heavy atom. The quantitative estimate of drug-likeness (QED) is 0.389. The SMILES string of the molecule is Cc1ccc(C2CCN(C[C@H](O)COc3cccc4oc(-c5nnc(C)o5)cc34)CC2)cc1.Cl. The smallest absolute Gasteiger partial charge is 0.283 e. The third-order valence-corrected chi connectivity index (χ3v) is 6.29. The van der Waals surface area contributed by atoms with Gasteiger partial charge in [-0.15, -0.1) is 22.6 Å². The fraction of sp³-hybridized carbons (Fsp3) is 0.385. The minimum Gasteiger partial charge on any atom is -0.490 e. The van der Waals surface area contributed by atoms with Gasteiger partial charge in [0.25, 0.3) is 5.89 Å². The van der Waals surface area contributed by atoms with Crippen LogP contribution in [0.2, 0.25) is 0 Å². The summed E-state index contributed by atoms with van der Waals surface area (Å²) >= 11 is 0. The Morgan fingerprint density at radius 2 is 1.82 bits per heavy atom. The molecular weight excluding hydrogens is 454 g/mol. The molecule has 1 fully saturated rings. The molecule has 7 nitrogen and oxygen atoms in total. The van der Waals surface area contributed by atoms with Crippen LogP contribution in [0.5, 0.6) is 5.75 Å². The van der Waals surface area contributed by atoms with Gasteiger partial charge in [0.15, 0.2) is 5.76 Å². The highest BCUT2D eigenvalue weighted by molar-refractivity contribution is 5.87. The van der Waals surface area contributed by atoms with Crippen molar-refractivity contribution in [2.45, 2.75) is 38.7 Å². The summed E-state index contributed by atoms with van der Waals surface area (Å²) in [6, 6.07) is 16.3. The van der Waals surface area contributed by atoms with Crippen LogP contribution >= 0.6 is 12.4 Å². The lowest BCUT2D eigenvalue weighted by Gasteiger charge is -2.33. The Hall–Kier alpha value is -2.87. The van der Waals surface area contributed by atoms with Crippen LogP contribution in [0.3, 0.4) is 0 Å². The number of aliphatic hydroxyl groups is 1. The van der Waals surface area contributed by atoms with E-state index in [1.807, 2.05) is 24.3 Å². The highest BCUT2D eigenvalue weighted by Crippen LogP contribution is 2.33. The third-order valence-electron chi connectivity index (χ3n) is 6.29. The lowest BCUT2D eigenvalue weighted by Crippen LogP contribution is -2.40. The molecule has 180 valence electrons. The maximum Gasteiger partial charge on any atom is 0.283 e. The van der Waals surface area contributed by atoms with Crippen molar-refractivity contribution < 1.29 is 18.7 Å². The second kappa shape index (κ2) is 10.6. The van der Waals surface area contributed by atoms with Gasteiger partial charge in [-0.3, -0.25) is 0 Å². The molecule has 0 spiro atoms. The third kappa shape index (κ3) is 5.43. The average Bonchev–Trinajstić information content (AvgIpc) is 3.45. The largest absolute Gasteiger partial charge is 0.490 e. The molecule has 2 aromatic carbocycles. The molecule has 8 heteroatoms. The predicted molar refractivity (Wildman–Crippen MR) is 133 cm³/mol. The number of nitrogens with zero attached hydrogens (tertiary/aromatic N) is 3. The van der Waals surface area contributed by atoms with E-state index < -0.39 is 6.10 Å². The molecular formula is C26H30ClN3O4. The van der Waals surface area contributed by atoms with Gasteiger partial charge in [0, 0.05) is 19.5 Å². The standard InChI is InChI=1S/C26H29N3O4.ClH/c1-17-6-8-19(9-7-17)20-10-12-29(13-11-20)15-21(30)16-31-23-4-3-5-24-22(23)14-25(33-24)26-28-27-18(2)32-26;/h3-9,14,20-21,30H,10-13,15-16H2,1-2H3;1H/t21-;/m0./s1. The minimum absolute atomic E-state index is 0. The zero-order valence-corrected chi connectivity index (χ0v) is 20.3. The van der Waals surface area contributed by atoms with E-state index in [-0.39, 0.29) is 19.0 Å². The van der Waals surface area contributed by atoms with Crippen molar-refractivity contribution >= 4 is 23.4 Å². The molecule has 0 saturated carbocycles. The number of aromatic nitrogens is 2. The van der Waals surface area contributed by atoms with Gasteiger partial charge in [0.2, 0.25) is 5.89 Å². The van der Waals surface area contributed by atoms with Gasteiger partial charge in [-0.05, 0) is 56.5 Å². The fourth-order valence-corrected chi connectivity index (χ4v) is 4.49. The van der Waals surface area contributed by atoms with E-state index in [0.717, 1.165) is 31.3 Å². The number of aliphatic hydroxyl groups excluding tert-OH is 1. The number of piperidine rings is 1.